The third-order valence-electron chi connectivity index (χ3n) is 4.39. The van der Waals surface area contributed by atoms with Crippen LogP contribution in [-0.2, 0) is 22.6 Å². The van der Waals surface area contributed by atoms with Crippen LogP contribution in [0.15, 0.2) is 54.6 Å². The van der Waals surface area contributed by atoms with Gasteiger partial charge in [-0.05, 0) is 29.7 Å². The maximum absolute atomic E-state index is 12.5. The first-order valence-corrected chi connectivity index (χ1v) is 8.47. The van der Waals surface area contributed by atoms with Crippen LogP contribution < -0.4 is 5.32 Å². The number of likely N-dealkylation sites (tertiary alicyclic amines) is 1. The van der Waals surface area contributed by atoms with Crippen LogP contribution in [0.1, 0.15) is 27.9 Å². The molecule has 1 saturated heterocycles. The molecule has 134 valence electrons. The molecule has 1 heterocycles. The Labute approximate surface area is 151 Å². The van der Waals surface area contributed by atoms with Crippen LogP contribution in [0.4, 0.5) is 0 Å². The smallest absolute Gasteiger partial charge is 0.335 e. The van der Waals surface area contributed by atoms with Crippen molar-refractivity contribution in [1.82, 2.24) is 10.2 Å². The van der Waals surface area contributed by atoms with Gasteiger partial charge in [0.05, 0.1) is 12.0 Å². The molecule has 2 N–H and O–H groups in total. The first-order chi connectivity index (χ1) is 12.5. The van der Waals surface area contributed by atoms with E-state index in [1.807, 2.05) is 30.3 Å². The summed E-state index contributed by atoms with van der Waals surface area (Å²) >= 11 is 0. The lowest BCUT2D eigenvalue weighted by Crippen LogP contribution is -2.41. The van der Waals surface area contributed by atoms with Gasteiger partial charge < -0.3 is 15.3 Å². The Balaban J connectivity index is 1.56. The molecule has 6 nitrogen and oxygen atoms in total. The van der Waals surface area contributed by atoms with Gasteiger partial charge in [0, 0.05) is 13.1 Å². The Morgan fingerprint density at radius 3 is 2.54 bits per heavy atom. The van der Waals surface area contributed by atoms with Crippen molar-refractivity contribution in [3.63, 3.8) is 0 Å². The first-order valence-electron chi connectivity index (χ1n) is 8.47. The Hall–Kier alpha value is -3.15. The summed E-state index contributed by atoms with van der Waals surface area (Å²) in [7, 11) is 0. The van der Waals surface area contributed by atoms with Gasteiger partial charge in [-0.1, -0.05) is 42.5 Å². The zero-order valence-corrected chi connectivity index (χ0v) is 14.2. The average Bonchev–Trinajstić information content (AvgIpc) is 2.96. The van der Waals surface area contributed by atoms with Crippen LogP contribution in [0.5, 0.6) is 0 Å². The number of aromatic carboxylic acids is 1. The zero-order chi connectivity index (χ0) is 18.5. The maximum atomic E-state index is 12.5. The lowest BCUT2D eigenvalue weighted by atomic mass is 10.1. The van der Waals surface area contributed by atoms with Crippen LogP contribution in [0.3, 0.4) is 0 Å². The molecule has 1 aliphatic heterocycles. The highest BCUT2D eigenvalue weighted by Crippen LogP contribution is 2.15. The van der Waals surface area contributed by atoms with Gasteiger partial charge in [0.15, 0.2) is 0 Å². The molecule has 0 radical (unpaired) electrons. The SMILES string of the molecule is O=C(Cc1cccc(C(=O)O)c1)N[C@@H]1CCN(Cc2ccccc2)C1=O. The van der Waals surface area contributed by atoms with Gasteiger partial charge in [-0.15, -0.1) is 0 Å². The van der Waals surface area contributed by atoms with E-state index < -0.39 is 12.0 Å². The normalized spacial score (nSPS) is 16.5. The average molecular weight is 352 g/mol. The van der Waals surface area contributed by atoms with Gasteiger partial charge in [-0.3, -0.25) is 9.59 Å². The zero-order valence-electron chi connectivity index (χ0n) is 14.2. The Morgan fingerprint density at radius 2 is 1.81 bits per heavy atom. The number of amides is 2. The number of carboxylic acid groups (broad SMARTS) is 1. The van der Waals surface area contributed by atoms with Crippen molar-refractivity contribution in [2.24, 2.45) is 0 Å². The van der Waals surface area contributed by atoms with Crippen LogP contribution in [0.2, 0.25) is 0 Å². The Kier molecular flexibility index (Phi) is 5.31. The monoisotopic (exact) mass is 352 g/mol. The van der Waals surface area contributed by atoms with E-state index in [9.17, 15) is 14.4 Å². The van der Waals surface area contributed by atoms with Crippen molar-refractivity contribution in [3.8, 4) is 0 Å². The lowest BCUT2D eigenvalue weighted by molar-refractivity contribution is -0.132. The predicted octanol–water partition coefficient (Wildman–Crippen LogP) is 1.84. The number of carbonyl (C=O) groups excluding carboxylic acids is 2. The highest BCUT2D eigenvalue weighted by molar-refractivity contribution is 5.90. The van der Waals surface area contributed by atoms with Gasteiger partial charge in [0.1, 0.15) is 6.04 Å². The summed E-state index contributed by atoms with van der Waals surface area (Å²) < 4.78 is 0. The second kappa shape index (κ2) is 7.82. The molecule has 1 fully saturated rings. The molecule has 0 spiro atoms. The van der Waals surface area contributed by atoms with E-state index >= 15 is 0 Å². The topological polar surface area (TPSA) is 86.7 Å². The van der Waals surface area contributed by atoms with E-state index in [0.29, 0.717) is 25.1 Å². The molecule has 0 unspecified atom stereocenters. The number of benzene rings is 2. The van der Waals surface area contributed by atoms with Crippen molar-refractivity contribution in [2.75, 3.05) is 6.54 Å². The fourth-order valence-electron chi connectivity index (χ4n) is 3.08. The van der Waals surface area contributed by atoms with E-state index in [1.165, 1.54) is 12.1 Å². The van der Waals surface area contributed by atoms with Gasteiger partial charge in [0.2, 0.25) is 11.8 Å². The van der Waals surface area contributed by atoms with Crippen molar-refractivity contribution >= 4 is 17.8 Å². The molecule has 3 rings (SSSR count). The van der Waals surface area contributed by atoms with E-state index in [-0.39, 0.29) is 23.8 Å². The Morgan fingerprint density at radius 1 is 1.08 bits per heavy atom. The number of nitrogens with one attached hydrogen (secondary N) is 1. The van der Waals surface area contributed by atoms with Gasteiger partial charge in [-0.25, -0.2) is 4.79 Å². The minimum Gasteiger partial charge on any atom is -0.478 e. The quantitative estimate of drug-likeness (QED) is 0.831. The van der Waals surface area contributed by atoms with Crippen LogP contribution in [0, 0.1) is 0 Å². The summed E-state index contributed by atoms with van der Waals surface area (Å²) in [6.45, 7) is 1.14. The van der Waals surface area contributed by atoms with E-state index in [0.717, 1.165) is 5.56 Å². The van der Waals surface area contributed by atoms with E-state index in [1.54, 1.807) is 17.0 Å². The van der Waals surface area contributed by atoms with Gasteiger partial charge >= 0.3 is 5.97 Å². The van der Waals surface area contributed by atoms with Crippen LogP contribution in [-0.4, -0.2) is 40.4 Å². The molecule has 2 aromatic rings. The minimum absolute atomic E-state index is 0.0452. The summed E-state index contributed by atoms with van der Waals surface area (Å²) in [6, 6.07) is 15.5. The standard InChI is InChI=1S/C20H20N2O4/c23-18(12-15-7-4-8-16(11-15)20(25)26)21-17-9-10-22(19(17)24)13-14-5-2-1-3-6-14/h1-8,11,17H,9-10,12-13H2,(H,21,23)(H,25,26)/t17-/m1/s1. The molecule has 0 saturated carbocycles. The van der Waals surface area contributed by atoms with E-state index in [2.05, 4.69) is 5.32 Å². The van der Waals surface area contributed by atoms with Crippen molar-refractivity contribution in [2.45, 2.75) is 25.4 Å². The summed E-state index contributed by atoms with van der Waals surface area (Å²) in [4.78, 5) is 37.4. The number of carboxylic acids is 1. The third-order valence-corrected chi connectivity index (χ3v) is 4.39. The fraction of sp³-hybridized carbons (Fsp3) is 0.250. The number of nitrogens with zero attached hydrogens (tertiary/aromatic N) is 1. The summed E-state index contributed by atoms with van der Waals surface area (Å²) in [5.41, 5.74) is 1.80. The first kappa shape index (κ1) is 17.7. The summed E-state index contributed by atoms with van der Waals surface area (Å²) in [5, 5.41) is 11.8. The molecule has 6 heteroatoms. The molecule has 0 bridgehead atoms. The van der Waals surface area contributed by atoms with Gasteiger partial charge in [0.25, 0.3) is 0 Å². The molecular formula is C20H20N2O4. The van der Waals surface area contributed by atoms with Crippen LogP contribution in [0.25, 0.3) is 0 Å². The van der Waals surface area contributed by atoms with Gasteiger partial charge in [-0.2, -0.15) is 0 Å². The minimum atomic E-state index is -1.03. The third kappa shape index (κ3) is 4.27. The largest absolute Gasteiger partial charge is 0.478 e. The number of hydrogen-bond acceptors (Lipinski definition) is 3. The second-order valence-electron chi connectivity index (χ2n) is 6.34. The molecular weight excluding hydrogens is 332 g/mol. The molecule has 2 amide bonds. The Bertz CT molecular complexity index is 820. The van der Waals surface area contributed by atoms with Crippen LogP contribution >= 0.6 is 0 Å². The van der Waals surface area contributed by atoms with Crippen molar-refractivity contribution < 1.29 is 19.5 Å². The molecule has 0 aromatic heterocycles. The molecule has 2 aromatic carbocycles. The summed E-state index contributed by atoms with van der Waals surface area (Å²) in [6.07, 6.45) is 0.621. The number of hydrogen-bond donors (Lipinski definition) is 2. The fourth-order valence-corrected chi connectivity index (χ4v) is 3.08. The summed E-state index contributed by atoms with van der Waals surface area (Å²) in [5.74, 6) is -1.40. The second-order valence-corrected chi connectivity index (χ2v) is 6.34. The highest BCUT2D eigenvalue weighted by Gasteiger charge is 2.32. The number of carbonyl (C=O) groups is 3. The molecule has 26 heavy (non-hydrogen) atoms. The molecule has 1 atom stereocenters. The van der Waals surface area contributed by atoms with Crippen molar-refractivity contribution in [3.05, 3.63) is 71.3 Å². The highest BCUT2D eigenvalue weighted by atomic mass is 16.4. The van der Waals surface area contributed by atoms with E-state index in [4.69, 9.17) is 5.11 Å². The maximum Gasteiger partial charge on any atom is 0.335 e. The molecule has 1 aliphatic rings. The van der Waals surface area contributed by atoms with Crippen molar-refractivity contribution in [1.29, 1.82) is 0 Å². The predicted molar refractivity (Wildman–Crippen MR) is 95.5 cm³/mol. The number of rotatable bonds is 6. The molecule has 0 aliphatic carbocycles. The lowest BCUT2D eigenvalue weighted by Gasteiger charge is -2.17.